The van der Waals surface area contributed by atoms with E-state index in [1.165, 1.54) is 0 Å². The Balaban J connectivity index is 1.27. The molecule has 0 saturated carbocycles. The Hall–Kier alpha value is -1.96. The number of piperidine rings is 1. The number of likely N-dealkylation sites (tertiary alicyclic amines) is 1. The molecule has 2 aromatic rings. The molecule has 0 bridgehead atoms. The smallest absolute Gasteiger partial charge is 0.241 e. The van der Waals surface area contributed by atoms with Crippen molar-refractivity contribution in [1.29, 1.82) is 0 Å². The van der Waals surface area contributed by atoms with E-state index in [9.17, 15) is 4.79 Å². The number of amides is 1. The Morgan fingerprint density at radius 2 is 1.83 bits per heavy atom. The normalized spacial score (nSPS) is 19.6. The van der Waals surface area contributed by atoms with Crippen molar-refractivity contribution in [3.05, 3.63) is 35.2 Å². The van der Waals surface area contributed by atoms with Crippen molar-refractivity contribution in [1.82, 2.24) is 24.8 Å². The first kappa shape index (κ1) is 20.3. The summed E-state index contributed by atoms with van der Waals surface area (Å²) in [4.78, 5) is 24.1. The highest BCUT2D eigenvalue weighted by atomic mass is 35.5. The first-order chi connectivity index (χ1) is 14.1. The van der Waals surface area contributed by atoms with Crippen LogP contribution in [0.4, 0.5) is 0 Å². The zero-order valence-corrected chi connectivity index (χ0v) is 17.6. The van der Waals surface area contributed by atoms with Crippen LogP contribution in [-0.4, -0.2) is 76.6 Å². The van der Waals surface area contributed by atoms with Crippen molar-refractivity contribution in [3.63, 3.8) is 0 Å². The van der Waals surface area contributed by atoms with Gasteiger partial charge < -0.3 is 14.3 Å². The van der Waals surface area contributed by atoms with Gasteiger partial charge in [-0.2, -0.15) is 4.98 Å². The van der Waals surface area contributed by atoms with Crippen molar-refractivity contribution in [2.75, 3.05) is 45.8 Å². The van der Waals surface area contributed by atoms with E-state index in [1.54, 1.807) is 0 Å². The fourth-order valence-electron chi connectivity index (χ4n) is 4.14. The van der Waals surface area contributed by atoms with Gasteiger partial charge in [0.05, 0.1) is 11.6 Å². The molecule has 2 aliphatic rings. The number of hydrogen-bond donors (Lipinski definition) is 0. The lowest BCUT2D eigenvalue weighted by Gasteiger charge is -2.38. The van der Waals surface area contributed by atoms with E-state index in [0.29, 0.717) is 29.2 Å². The molecule has 8 heteroatoms. The van der Waals surface area contributed by atoms with E-state index in [0.717, 1.165) is 64.2 Å². The standard InChI is InChI=1S/C21H28ClN5O2/c1-2-25-11-13-27(14-12-25)21(28)16-7-9-26(10-8-16)15-19-23-20(24-29-19)17-5-3-4-6-18(17)22/h3-6,16H,2,7-15H2,1H3. The lowest BCUT2D eigenvalue weighted by atomic mass is 9.95. The summed E-state index contributed by atoms with van der Waals surface area (Å²) < 4.78 is 5.43. The average molecular weight is 418 g/mol. The average Bonchev–Trinajstić information content (AvgIpc) is 3.22. The van der Waals surface area contributed by atoms with Gasteiger partial charge in [0.15, 0.2) is 0 Å². The number of likely N-dealkylation sites (N-methyl/N-ethyl adjacent to an activating group) is 1. The molecule has 0 aliphatic carbocycles. The van der Waals surface area contributed by atoms with E-state index in [1.807, 2.05) is 24.3 Å². The summed E-state index contributed by atoms with van der Waals surface area (Å²) in [7, 11) is 0. The maximum atomic E-state index is 12.8. The van der Waals surface area contributed by atoms with Crippen LogP contribution in [0.15, 0.2) is 28.8 Å². The van der Waals surface area contributed by atoms with Crippen LogP contribution in [0.2, 0.25) is 5.02 Å². The van der Waals surface area contributed by atoms with Crippen LogP contribution in [0.5, 0.6) is 0 Å². The molecule has 2 aliphatic heterocycles. The van der Waals surface area contributed by atoms with E-state index < -0.39 is 0 Å². The summed E-state index contributed by atoms with van der Waals surface area (Å²) >= 11 is 6.22. The lowest BCUT2D eigenvalue weighted by molar-refractivity contribution is -0.138. The SMILES string of the molecule is CCN1CCN(C(=O)C2CCN(Cc3nc(-c4ccccc4Cl)no3)CC2)CC1. The number of benzene rings is 1. The molecule has 2 fully saturated rings. The summed E-state index contributed by atoms with van der Waals surface area (Å²) in [6, 6.07) is 7.48. The van der Waals surface area contributed by atoms with E-state index in [-0.39, 0.29) is 5.92 Å². The quantitative estimate of drug-likeness (QED) is 0.745. The Morgan fingerprint density at radius 3 is 2.52 bits per heavy atom. The summed E-state index contributed by atoms with van der Waals surface area (Å²) in [5.41, 5.74) is 0.775. The predicted octanol–water partition coefficient (Wildman–Crippen LogP) is 2.77. The first-order valence-electron chi connectivity index (χ1n) is 10.4. The molecule has 29 heavy (non-hydrogen) atoms. The maximum Gasteiger partial charge on any atom is 0.241 e. The van der Waals surface area contributed by atoms with E-state index in [2.05, 4.69) is 31.8 Å². The monoisotopic (exact) mass is 417 g/mol. The molecule has 4 rings (SSSR count). The molecule has 0 spiro atoms. The van der Waals surface area contributed by atoms with Crippen LogP contribution in [-0.2, 0) is 11.3 Å². The van der Waals surface area contributed by atoms with Gasteiger partial charge in [-0.3, -0.25) is 9.69 Å². The Kier molecular flexibility index (Phi) is 6.47. The van der Waals surface area contributed by atoms with Crippen LogP contribution in [0.25, 0.3) is 11.4 Å². The van der Waals surface area contributed by atoms with Gasteiger partial charge in [0.25, 0.3) is 0 Å². The topological polar surface area (TPSA) is 65.7 Å². The van der Waals surface area contributed by atoms with Crippen molar-refractivity contribution >= 4 is 17.5 Å². The van der Waals surface area contributed by atoms with E-state index >= 15 is 0 Å². The number of piperazine rings is 1. The molecule has 156 valence electrons. The molecule has 1 aromatic carbocycles. The molecule has 0 N–H and O–H groups in total. The third-order valence-electron chi connectivity index (χ3n) is 6.01. The highest BCUT2D eigenvalue weighted by Gasteiger charge is 2.30. The summed E-state index contributed by atoms with van der Waals surface area (Å²) in [5, 5.41) is 4.68. The minimum atomic E-state index is 0.140. The summed E-state index contributed by atoms with van der Waals surface area (Å²) in [6.07, 6.45) is 1.77. The van der Waals surface area contributed by atoms with Crippen molar-refractivity contribution in [2.24, 2.45) is 5.92 Å². The van der Waals surface area contributed by atoms with E-state index in [4.69, 9.17) is 16.1 Å². The molecule has 7 nitrogen and oxygen atoms in total. The number of nitrogens with zero attached hydrogens (tertiary/aromatic N) is 5. The highest BCUT2D eigenvalue weighted by molar-refractivity contribution is 6.33. The number of rotatable bonds is 5. The minimum Gasteiger partial charge on any atom is -0.340 e. The number of carbonyl (C=O) groups is 1. The van der Waals surface area contributed by atoms with Gasteiger partial charge in [-0.25, -0.2) is 0 Å². The molecule has 1 aromatic heterocycles. The Bertz CT molecular complexity index is 826. The largest absolute Gasteiger partial charge is 0.340 e. The fourth-order valence-corrected chi connectivity index (χ4v) is 4.36. The van der Waals surface area contributed by atoms with Gasteiger partial charge in [-0.15, -0.1) is 0 Å². The zero-order chi connectivity index (χ0) is 20.2. The van der Waals surface area contributed by atoms with Crippen LogP contribution in [0.3, 0.4) is 0 Å². The molecular weight excluding hydrogens is 390 g/mol. The minimum absolute atomic E-state index is 0.140. The Labute approximate surface area is 176 Å². The lowest BCUT2D eigenvalue weighted by Crippen LogP contribution is -2.51. The van der Waals surface area contributed by atoms with Gasteiger partial charge in [-0.05, 0) is 44.6 Å². The second-order valence-corrected chi connectivity index (χ2v) is 8.21. The fraction of sp³-hybridized carbons (Fsp3) is 0.571. The van der Waals surface area contributed by atoms with Crippen LogP contribution in [0, 0.1) is 5.92 Å². The predicted molar refractivity (Wildman–Crippen MR) is 111 cm³/mol. The van der Waals surface area contributed by atoms with Gasteiger partial charge >= 0.3 is 0 Å². The highest BCUT2D eigenvalue weighted by Crippen LogP contribution is 2.26. The molecule has 0 radical (unpaired) electrons. The second kappa shape index (κ2) is 9.24. The number of halogens is 1. The van der Waals surface area contributed by atoms with Crippen LogP contribution < -0.4 is 0 Å². The molecule has 3 heterocycles. The van der Waals surface area contributed by atoms with Gasteiger partial charge in [0.2, 0.25) is 17.6 Å². The van der Waals surface area contributed by atoms with Gasteiger partial charge in [-0.1, -0.05) is 35.8 Å². The first-order valence-corrected chi connectivity index (χ1v) is 10.8. The molecule has 0 unspecified atom stereocenters. The van der Waals surface area contributed by atoms with Gasteiger partial charge in [0.1, 0.15) is 0 Å². The molecular formula is C21H28ClN5O2. The Morgan fingerprint density at radius 1 is 1.10 bits per heavy atom. The van der Waals surface area contributed by atoms with Gasteiger partial charge in [0, 0.05) is 37.7 Å². The second-order valence-electron chi connectivity index (χ2n) is 7.80. The number of aromatic nitrogens is 2. The number of hydrogen-bond acceptors (Lipinski definition) is 6. The van der Waals surface area contributed by atoms with Crippen LogP contribution >= 0.6 is 11.6 Å². The van der Waals surface area contributed by atoms with Crippen molar-refractivity contribution in [3.8, 4) is 11.4 Å². The third kappa shape index (κ3) is 4.79. The number of carbonyl (C=O) groups excluding carboxylic acids is 1. The maximum absolute atomic E-state index is 12.8. The molecule has 1 amide bonds. The third-order valence-corrected chi connectivity index (χ3v) is 6.34. The van der Waals surface area contributed by atoms with Crippen molar-refractivity contribution in [2.45, 2.75) is 26.3 Å². The van der Waals surface area contributed by atoms with Crippen LogP contribution in [0.1, 0.15) is 25.7 Å². The molecule has 0 atom stereocenters. The zero-order valence-electron chi connectivity index (χ0n) is 16.9. The molecule has 2 saturated heterocycles. The summed E-state index contributed by atoms with van der Waals surface area (Å²) in [6.45, 7) is 9.29. The van der Waals surface area contributed by atoms with Crippen molar-refractivity contribution < 1.29 is 9.32 Å². The summed E-state index contributed by atoms with van der Waals surface area (Å²) in [5.74, 6) is 1.57.